The van der Waals surface area contributed by atoms with Crippen molar-refractivity contribution < 1.29 is 9.59 Å². The Labute approximate surface area is 119 Å². The lowest BCUT2D eigenvalue weighted by Gasteiger charge is -2.49. The molecule has 6 heteroatoms. The minimum Gasteiger partial charge on any atom is -0.328 e. The molecule has 0 spiro atoms. The van der Waals surface area contributed by atoms with Crippen LogP contribution < -0.4 is 5.32 Å². The summed E-state index contributed by atoms with van der Waals surface area (Å²) in [5.41, 5.74) is -0.727. The number of likely N-dealkylation sites (tertiary alicyclic amines) is 1. The zero-order valence-electron chi connectivity index (χ0n) is 12.3. The molecule has 0 saturated carbocycles. The summed E-state index contributed by atoms with van der Waals surface area (Å²) in [6, 6.07) is 1.77. The zero-order chi connectivity index (χ0) is 14.8. The molecule has 20 heavy (non-hydrogen) atoms. The van der Waals surface area contributed by atoms with Gasteiger partial charge in [0.15, 0.2) is 0 Å². The van der Waals surface area contributed by atoms with Gasteiger partial charge in [-0.3, -0.25) is 9.59 Å². The van der Waals surface area contributed by atoms with Crippen LogP contribution in [0.2, 0.25) is 0 Å². The maximum atomic E-state index is 12.5. The van der Waals surface area contributed by atoms with Crippen molar-refractivity contribution in [2.24, 2.45) is 0 Å². The summed E-state index contributed by atoms with van der Waals surface area (Å²) in [4.78, 5) is 26.1. The summed E-state index contributed by atoms with van der Waals surface area (Å²) in [5, 5.41) is 7.00. The molecular weight excluding hydrogens is 256 g/mol. The number of aryl methyl sites for hydroxylation is 1. The van der Waals surface area contributed by atoms with Gasteiger partial charge >= 0.3 is 0 Å². The average molecular weight is 278 g/mol. The van der Waals surface area contributed by atoms with Gasteiger partial charge in [-0.2, -0.15) is 5.10 Å². The highest BCUT2D eigenvalue weighted by molar-refractivity contribution is 6.00. The fourth-order valence-electron chi connectivity index (χ4n) is 2.49. The van der Waals surface area contributed by atoms with Crippen LogP contribution in [0.25, 0.3) is 0 Å². The highest BCUT2D eigenvalue weighted by Crippen LogP contribution is 2.32. The second-order valence-electron chi connectivity index (χ2n) is 5.31. The van der Waals surface area contributed by atoms with Crippen molar-refractivity contribution in [3.05, 3.63) is 12.3 Å². The molecule has 1 aromatic rings. The molecule has 0 radical (unpaired) electrons. The number of nitrogens with zero attached hydrogens (tertiary/aromatic N) is 3. The Morgan fingerprint density at radius 2 is 2.20 bits per heavy atom. The number of anilines is 1. The molecule has 110 valence electrons. The SMILES string of the molecule is CCCC(=O)N1CCC1(C)C(=O)Nc1ccnn1CC. The molecule has 1 unspecified atom stereocenters. The summed E-state index contributed by atoms with van der Waals surface area (Å²) < 4.78 is 1.72. The van der Waals surface area contributed by atoms with Crippen molar-refractivity contribution in [2.75, 3.05) is 11.9 Å². The molecule has 1 atom stereocenters. The van der Waals surface area contributed by atoms with E-state index in [1.54, 1.807) is 21.8 Å². The number of nitrogens with one attached hydrogen (secondary N) is 1. The first-order valence-electron chi connectivity index (χ1n) is 7.16. The predicted octanol–water partition coefficient (Wildman–Crippen LogP) is 1.63. The number of carbonyl (C=O) groups is 2. The van der Waals surface area contributed by atoms with Gasteiger partial charge in [0, 0.05) is 25.6 Å². The number of hydrogen-bond acceptors (Lipinski definition) is 3. The van der Waals surface area contributed by atoms with E-state index in [9.17, 15) is 9.59 Å². The molecule has 1 aliphatic rings. The van der Waals surface area contributed by atoms with E-state index in [4.69, 9.17) is 0 Å². The number of carbonyl (C=O) groups excluding carboxylic acids is 2. The molecule has 6 nitrogen and oxygen atoms in total. The Bertz CT molecular complexity index is 511. The second-order valence-corrected chi connectivity index (χ2v) is 5.31. The Balaban J connectivity index is 2.07. The molecule has 2 heterocycles. The Morgan fingerprint density at radius 3 is 2.75 bits per heavy atom. The lowest BCUT2D eigenvalue weighted by atomic mass is 9.85. The van der Waals surface area contributed by atoms with Crippen molar-refractivity contribution in [3.8, 4) is 0 Å². The molecule has 1 N–H and O–H groups in total. The van der Waals surface area contributed by atoms with E-state index in [0.29, 0.717) is 31.7 Å². The van der Waals surface area contributed by atoms with Crippen LogP contribution in [-0.2, 0) is 16.1 Å². The van der Waals surface area contributed by atoms with Gasteiger partial charge < -0.3 is 10.2 Å². The van der Waals surface area contributed by atoms with Crippen molar-refractivity contribution in [2.45, 2.75) is 52.1 Å². The molecule has 1 aromatic heterocycles. The number of hydrogen-bond donors (Lipinski definition) is 1. The molecule has 0 aromatic carbocycles. The van der Waals surface area contributed by atoms with Crippen LogP contribution in [0.4, 0.5) is 5.82 Å². The van der Waals surface area contributed by atoms with Crippen LogP contribution in [0.5, 0.6) is 0 Å². The van der Waals surface area contributed by atoms with Crippen molar-refractivity contribution in [3.63, 3.8) is 0 Å². The van der Waals surface area contributed by atoms with Crippen LogP contribution in [-0.4, -0.2) is 38.6 Å². The fraction of sp³-hybridized carbons (Fsp3) is 0.643. The van der Waals surface area contributed by atoms with Gasteiger partial charge in [-0.15, -0.1) is 0 Å². The molecule has 2 rings (SSSR count). The highest BCUT2D eigenvalue weighted by Gasteiger charge is 2.49. The molecule has 0 aliphatic carbocycles. The molecule has 1 saturated heterocycles. The van der Waals surface area contributed by atoms with Crippen LogP contribution >= 0.6 is 0 Å². The zero-order valence-corrected chi connectivity index (χ0v) is 12.3. The van der Waals surface area contributed by atoms with Crippen molar-refractivity contribution >= 4 is 17.6 Å². The van der Waals surface area contributed by atoms with E-state index in [2.05, 4.69) is 10.4 Å². The van der Waals surface area contributed by atoms with E-state index in [1.807, 2.05) is 20.8 Å². The average Bonchev–Trinajstić information content (AvgIpc) is 2.83. The summed E-state index contributed by atoms with van der Waals surface area (Å²) in [6.07, 6.45) is 3.65. The van der Waals surface area contributed by atoms with Crippen molar-refractivity contribution in [1.82, 2.24) is 14.7 Å². The lowest BCUT2D eigenvalue weighted by Crippen LogP contribution is -2.66. The maximum absolute atomic E-state index is 12.5. The van der Waals surface area contributed by atoms with Gasteiger partial charge in [0.2, 0.25) is 5.91 Å². The topological polar surface area (TPSA) is 67.2 Å². The third-order valence-corrected chi connectivity index (χ3v) is 3.93. The molecule has 2 amide bonds. The Hall–Kier alpha value is -1.85. The maximum Gasteiger partial charge on any atom is 0.251 e. The van der Waals surface area contributed by atoms with Crippen LogP contribution in [0, 0.1) is 0 Å². The Kier molecular flexibility index (Phi) is 4.11. The molecular formula is C14H22N4O2. The standard InChI is InChI=1S/C14H22N4O2/c1-4-6-12(19)17-10-8-14(17,3)13(20)16-11-7-9-15-18(11)5-2/h7,9H,4-6,8,10H2,1-3H3,(H,16,20). The van der Waals surface area contributed by atoms with Crippen LogP contribution in [0.1, 0.15) is 40.0 Å². The minimum absolute atomic E-state index is 0.0559. The molecule has 1 aliphatic heterocycles. The summed E-state index contributed by atoms with van der Waals surface area (Å²) in [7, 11) is 0. The van der Waals surface area contributed by atoms with Gasteiger partial charge in [0.1, 0.15) is 11.4 Å². The summed E-state index contributed by atoms with van der Waals surface area (Å²) in [6.45, 7) is 7.11. The normalized spacial score (nSPS) is 21.4. The van der Waals surface area contributed by atoms with Gasteiger partial charge in [0.25, 0.3) is 5.91 Å². The molecule has 1 fully saturated rings. The summed E-state index contributed by atoms with van der Waals surface area (Å²) in [5.74, 6) is 0.595. The van der Waals surface area contributed by atoms with E-state index >= 15 is 0 Å². The largest absolute Gasteiger partial charge is 0.328 e. The van der Waals surface area contributed by atoms with Crippen molar-refractivity contribution in [1.29, 1.82) is 0 Å². The second kappa shape index (κ2) is 5.64. The van der Waals surface area contributed by atoms with Crippen LogP contribution in [0.15, 0.2) is 12.3 Å². The first-order valence-corrected chi connectivity index (χ1v) is 7.16. The van der Waals surface area contributed by atoms with E-state index in [1.165, 1.54) is 0 Å². The number of rotatable bonds is 5. The quantitative estimate of drug-likeness (QED) is 0.890. The Morgan fingerprint density at radius 1 is 1.45 bits per heavy atom. The fourth-order valence-corrected chi connectivity index (χ4v) is 2.49. The number of aromatic nitrogens is 2. The monoisotopic (exact) mass is 278 g/mol. The van der Waals surface area contributed by atoms with Gasteiger partial charge in [-0.05, 0) is 26.7 Å². The highest BCUT2D eigenvalue weighted by atomic mass is 16.2. The van der Waals surface area contributed by atoms with Gasteiger partial charge in [-0.1, -0.05) is 6.92 Å². The predicted molar refractivity (Wildman–Crippen MR) is 76.2 cm³/mol. The van der Waals surface area contributed by atoms with Crippen LogP contribution in [0.3, 0.4) is 0 Å². The minimum atomic E-state index is -0.727. The third kappa shape index (κ3) is 2.42. The number of amides is 2. The first-order chi connectivity index (χ1) is 9.52. The molecule has 0 bridgehead atoms. The van der Waals surface area contributed by atoms with Gasteiger partial charge in [-0.25, -0.2) is 4.68 Å². The van der Waals surface area contributed by atoms with E-state index in [-0.39, 0.29) is 11.8 Å². The first kappa shape index (κ1) is 14.6. The van der Waals surface area contributed by atoms with Gasteiger partial charge in [0.05, 0.1) is 6.20 Å². The smallest absolute Gasteiger partial charge is 0.251 e. The lowest BCUT2D eigenvalue weighted by molar-refractivity contribution is -0.154. The van der Waals surface area contributed by atoms with E-state index < -0.39 is 5.54 Å². The van der Waals surface area contributed by atoms with E-state index in [0.717, 1.165) is 6.42 Å². The third-order valence-electron chi connectivity index (χ3n) is 3.93. The summed E-state index contributed by atoms with van der Waals surface area (Å²) >= 11 is 0.